The molecule has 2 unspecified atom stereocenters. The first-order chi connectivity index (χ1) is 17.0. The van der Waals surface area contributed by atoms with E-state index < -0.39 is 46.6 Å². The topological polar surface area (TPSA) is 96.4 Å². The molecule has 1 N–H and O–H groups in total. The van der Waals surface area contributed by atoms with Crippen LogP contribution in [0.25, 0.3) is 0 Å². The summed E-state index contributed by atoms with van der Waals surface area (Å²) < 4.78 is 12.4. The van der Waals surface area contributed by atoms with E-state index in [2.05, 4.69) is 13.2 Å². The number of aliphatic hydroxyl groups is 1. The van der Waals surface area contributed by atoms with E-state index in [0.717, 1.165) is 6.42 Å². The van der Waals surface area contributed by atoms with Crippen molar-refractivity contribution >= 4 is 17.8 Å². The molecule has 36 heavy (non-hydrogen) atoms. The number of likely N-dealkylation sites (tertiary alicyclic amines) is 1. The van der Waals surface area contributed by atoms with Crippen molar-refractivity contribution in [1.82, 2.24) is 9.80 Å². The predicted molar refractivity (Wildman–Crippen MR) is 137 cm³/mol. The normalized spacial score (nSPS) is 31.8. The summed E-state index contributed by atoms with van der Waals surface area (Å²) in [6, 6.07) is -1.49. The minimum atomic E-state index is -1.14. The maximum atomic E-state index is 14.3. The highest BCUT2D eigenvalue weighted by molar-refractivity contribution is 5.99. The number of nitrogens with zero attached hydrogens (tertiary/aromatic N) is 2. The molecule has 3 rings (SSSR count). The lowest BCUT2D eigenvalue weighted by Crippen LogP contribution is -2.61. The van der Waals surface area contributed by atoms with Gasteiger partial charge in [-0.25, -0.2) is 0 Å². The largest absolute Gasteiger partial charge is 0.465 e. The third-order valence-electron chi connectivity index (χ3n) is 8.37. The van der Waals surface area contributed by atoms with E-state index in [1.165, 1.54) is 4.90 Å². The molecule has 0 aliphatic carbocycles. The monoisotopic (exact) mass is 504 g/mol. The molecule has 3 fully saturated rings. The second kappa shape index (κ2) is 10.7. The molecular formula is C28H44N2O6. The summed E-state index contributed by atoms with van der Waals surface area (Å²) >= 11 is 0. The van der Waals surface area contributed by atoms with Crippen molar-refractivity contribution in [2.24, 2.45) is 11.8 Å². The lowest BCUT2D eigenvalue weighted by Gasteiger charge is -2.43. The summed E-state index contributed by atoms with van der Waals surface area (Å²) in [5.74, 6) is -2.59. The molecule has 3 aliphatic heterocycles. The number of ether oxygens (including phenoxy) is 2. The van der Waals surface area contributed by atoms with Crippen LogP contribution in [-0.2, 0) is 23.9 Å². The van der Waals surface area contributed by atoms with Crippen LogP contribution in [0.5, 0.6) is 0 Å². The van der Waals surface area contributed by atoms with Gasteiger partial charge in [-0.2, -0.15) is 0 Å². The molecule has 2 amide bonds. The van der Waals surface area contributed by atoms with E-state index in [4.69, 9.17) is 9.47 Å². The number of aliphatic hydroxyl groups excluding tert-OH is 1. The van der Waals surface area contributed by atoms with Crippen LogP contribution >= 0.6 is 0 Å². The van der Waals surface area contributed by atoms with Gasteiger partial charge >= 0.3 is 5.97 Å². The SMILES string of the molecule is C=CCCCOC(=O)[C@@H]1[C@H]2C(=O)N([C@@H](CC)CO)C(C(=O)N(CC=C)C(C)(C)C)C23CC[C@@]1(CC)O3. The second-order valence-corrected chi connectivity index (χ2v) is 11.3. The molecule has 8 heteroatoms. The Bertz CT molecular complexity index is 878. The number of hydrogen-bond acceptors (Lipinski definition) is 6. The fraction of sp³-hybridized carbons (Fsp3) is 0.750. The summed E-state index contributed by atoms with van der Waals surface area (Å²) in [5.41, 5.74) is -2.51. The van der Waals surface area contributed by atoms with Gasteiger partial charge in [-0.15, -0.1) is 13.2 Å². The average Bonchev–Trinajstić information content (AvgIpc) is 3.44. The number of hydrogen-bond donors (Lipinski definition) is 1. The summed E-state index contributed by atoms with van der Waals surface area (Å²) in [6.07, 6.45) is 6.92. The Kier molecular flexibility index (Phi) is 8.40. The zero-order chi connectivity index (χ0) is 26.9. The molecule has 1 spiro atoms. The minimum Gasteiger partial charge on any atom is -0.465 e. The Balaban J connectivity index is 2.10. The van der Waals surface area contributed by atoms with Crippen LogP contribution in [0.4, 0.5) is 0 Å². The van der Waals surface area contributed by atoms with Crippen LogP contribution in [-0.4, -0.2) is 81.3 Å². The maximum absolute atomic E-state index is 14.3. The smallest absolute Gasteiger partial charge is 0.312 e. The van der Waals surface area contributed by atoms with Gasteiger partial charge in [0.1, 0.15) is 17.6 Å². The number of esters is 1. The highest BCUT2D eigenvalue weighted by Crippen LogP contribution is 2.65. The van der Waals surface area contributed by atoms with Crippen LogP contribution in [0.15, 0.2) is 25.3 Å². The highest BCUT2D eigenvalue weighted by atomic mass is 16.6. The van der Waals surface area contributed by atoms with Crippen molar-refractivity contribution in [1.29, 1.82) is 0 Å². The van der Waals surface area contributed by atoms with Crippen molar-refractivity contribution in [3.63, 3.8) is 0 Å². The van der Waals surface area contributed by atoms with Crippen molar-refractivity contribution in [2.75, 3.05) is 19.8 Å². The first-order valence-electron chi connectivity index (χ1n) is 13.3. The fourth-order valence-corrected chi connectivity index (χ4v) is 6.56. The van der Waals surface area contributed by atoms with E-state index in [0.29, 0.717) is 38.6 Å². The molecule has 3 aliphatic rings. The number of carbonyl (C=O) groups excluding carboxylic acids is 3. The van der Waals surface area contributed by atoms with E-state index in [1.807, 2.05) is 34.6 Å². The summed E-state index contributed by atoms with van der Waals surface area (Å²) in [6.45, 7) is 17.5. The predicted octanol–water partition coefficient (Wildman–Crippen LogP) is 3.23. The number of fused-ring (bicyclic) bond motifs is 1. The van der Waals surface area contributed by atoms with E-state index >= 15 is 0 Å². The Labute approximate surface area is 215 Å². The van der Waals surface area contributed by atoms with Gasteiger partial charge in [0, 0.05) is 12.1 Å². The standard InChI is InChI=1S/C28H44N2O6/c1-8-12-13-17-35-25(34)21-20-23(32)30(19(10-3)18-31)22(24(33)29(16-9-2)26(5,6)7)28(20)15-14-27(21,11-4)36-28/h8-9,19-22,31H,1-2,10-18H2,3-7H3/t19-,20-,21-,22?,27+,28?/m0/s1. The summed E-state index contributed by atoms with van der Waals surface area (Å²) in [5, 5.41) is 10.2. The Morgan fingerprint density at radius 3 is 2.50 bits per heavy atom. The molecule has 0 saturated carbocycles. The number of unbranched alkanes of at least 4 members (excludes halogenated alkanes) is 1. The second-order valence-electron chi connectivity index (χ2n) is 11.3. The van der Waals surface area contributed by atoms with Crippen LogP contribution in [0.2, 0.25) is 0 Å². The van der Waals surface area contributed by atoms with Crippen LogP contribution in [0.1, 0.15) is 73.1 Å². The lowest BCUT2D eigenvalue weighted by molar-refractivity contribution is -0.164. The minimum absolute atomic E-state index is 0.239. The molecule has 2 bridgehead atoms. The van der Waals surface area contributed by atoms with Crippen LogP contribution < -0.4 is 0 Å². The van der Waals surface area contributed by atoms with Gasteiger partial charge in [0.2, 0.25) is 11.8 Å². The molecule has 3 saturated heterocycles. The molecule has 0 aromatic heterocycles. The first-order valence-corrected chi connectivity index (χ1v) is 13.3. The van der Waals surface area contributed by atoms with Crippen molar-refractivity contribution in [3.05, 3.63) is 25.3 Å². The molecule has 0 radical (unpaired) electrons. The van der Waals surface area contributed by atoms with Crippen molar-refractivity contribution < 1.29 is 29.0 Å². The Morgan fingerprint density at radius 2 is 1.97 bits per heavy atom. The third-order valence-corrected chi connectivity index (χ3v) is 8.37. The number of amides is 2. The quantitative estimate of drug-likeness (QED) is 0.249. The van der Waals surface area contributed by atoms with Gasteiger partial charge in [0.05, 0.1) is 30.8 Å². The van der Waals surface area contributed by atoms with E-state index in [-0.39, 0.29) is 25.0 Å². The molecule has 3 heterocycles. The third kappa shape index (κ3) is 4.40. The van der Waals surface area contributed by atoms with Crippen LogP contribution in [0.3, 0.4) is 0 Å². The zero-order valence-electron chi connectivity index (χ0n) is 22.6. The van der Waals surface area contributed by atoms with Gasteiger partial charge < -0.3 is 24.4 Å². The van der Waals surface area contributed by atoms with Gasteiger partial charge in [-0.3, -0.25) is 14.4 Å². The highest BCUT2D eigenvalue weighted by Gasteiger charge is 2.79. The summed E-state index contributed by atoms with van der Waals surface area (Å²) in [7, 11) is 0. The number of carbonyl (C=O) groups is 3. The van der Waals surface area contributed by atoms with Crippen molar-refractivity contribution in [2.45, 2.75) is 102 Å². The Hall–Kier alpha value is -2.19. The zero-order valence-corrected chi connectivity index (χ0v) is 22.6. The van der Waals surface area contributed by atoms with Crippen LogP contribution in [0, 0.1) is 11.8 Å². The van der Waals surface area contributed by atoms with Gasteiger partial charge in [-0.05, 0) is 59.3 Å². The fourth-order valence-electron chi connectivity index (χ4n) is 6.56. The molecule has 202 valence electrons. The summed E-state index contributed by atoms with van der Waals surface area (Å²) in [4.78, 5) is 45.2. The molecular weight excluding hydrogens is 460 g/mol. The Morgan fingerprint density at radius 1 is 1.28 bits per heavy atom. The van der Waals surface area contributed by atoms with E-state index in [1.54, 1.807) is 17.1 Å². The van der Waals surface area contributed by atoms with Crippen molar-refractivity contribution in [3.8, 4) is 0 Å². The molecule has 8 nitrogen and oxygen atoms in total. The average molecular weight is 505 g/mol. The lowest BCUT2D eigenvalue weighted by atomic mass is 9.65. The van der Waals surface area contributed by atoms with E-state index in [9.17, 15) is 19.5 Å². The van der Waals surface area contributed by atoms with Gasteiger partial charge in [0.25, 0.3) is 0 Å². The number of allylic oxidation sites excluding steroid dienone is 1. The number of rotatable bonds is 12. The molecule has 0 aromatic carbocycles. The van der Waals surface area contributed by atoms with Gasteiger partial charge in [-0.1, -0.05) is 26.0 Å². The first kappa shape index (κ1) is 28.4. The molecule has 6 atom stereocenters. The molecule has 0 aromatic rings. The van der Waals surface area contributed by atoms with Gasteiger partial charge in [0.15, 0.2) is 0 Å². The maximum Gasteiger partial charge on any atom is 0.312 e.